The van der Waals surface area contributed by atoms with Crippen molar-refractivity contribution in [3.63, 3.8) is 0 Å². The lowest BCUT2D eigenvalue weighted by Gasteiger charge is -2.28. The van der Waals surface area contributed by atoms with Crippen LogP contribution < -0.4 is 5.73 Å². The highest BCUT2D eigenvalue weighted by molar-refractivity contribution is 5.81. The first-order valence-electron chi connectivity index (χ1n) is 6.56. The average molecular weight is 268 g/mol. The summed E-state index contributed by atoms with van der Waals surface area (Å²) in [5.41, 5.74) is 5.90. The van der Waals surface area contributed by atoms with Crippen LogP contribution in [0.15, 0.2) is 16.5 Å². The van der Waals surface area contributed by atoms with Crippen molar-refractivity contribution in [2.45, 2.75) is 45.8 Å². The van der Waals surface area contributed by atoms with Gasteiger partial charge in [0.25, 0.3) is 0 Å². The molecule has 0 radical (unpaired) electrons. The van der Waals surface area contributed by atoms with Crippen LogP contribution in [0.3, 0.4) is 0 Å². The second-order valence-electron chi connectivity index (χ2n) is 4.96. The lowest BCUT2D eigenvalue weighted by molar-refractivity contribution is -0.135. The highest BCUT2D eigenvalue weighted by Crippen LogP contribution is 2.13. The highest BCUT2D eigenvalue weighted by Gasteiger charge is 2.24. The van der Waals surface area contributed by atoms with Crippen molar-refractivity contribution in [2.75, 3.05) is 13.7 Å². The number of hydrogen-bond acceptors (Lipinski definition) is 4. The second-order valence-corrected chi connectivity index (χ2v) is 4.96. The number of carbonyl (C=O) groups excluding carboxylic acids is 1. The number of ether oxygens (including phenoxy) is 1. The van der Waals surface area contributed by atoms with Gasteiger partial charge in [-0.2, -0.15) is 0 Å². The Kier molecular flexibility index (Phi) is 6.05. The summed E-state index contributed by atoms with van der Waals surface area (Å²) in [4.78, 5) is 14.0. The highest BCUT2D eigenvalue weighted by atomic mass is 16.5. The molecule has 0 spiro atoms. The zero-order chi connectivity index (χ0) is 14.4. The molecule has 1 unspecified atom stereocenters. The van der Waals surface area contributed by atoms with E-state index in [1.165, 1.54) is 0 Å². The number of hydrogen-bond donors (Lipinski definition) is 1. The quantitative estimate of drug-likeness (QED) is 0.817. The molecule has 108 valence electrons. The van der Waals surface area contributed by atoms with E-state index in [9.17, 15) is 4.79 Å². The van der Waals surface area contributed by atoms with Crippen molar-refractivity contribution in [2.24, 2.45) is 5.73 Å². The zero-order valence-corrected chi connectivity index (χ0v) is 12.2. The molecule has 0 aliphatic rings. The third-order valence-corrected chi connectivity index (χ3v) is 2.98. The fourth-order valence-electron chi connectivity index (χ4n) is 1.83. The number of nitrogens with two attached hydrogens (primary N) is 1. The van der Waals surface area contributed by atoms with Gasteiger partial charge in [0.05, 0.1) is 12.6 Å². The van der Waals surface area contributed by atoms with Gasteiger partial charge < -0.3 is 19.8 Å². The molecular formula is C14H24N2O3. The number of amides is 1. The van der Waals surface area contributed by atoms with E-state index in [2.05, 4.69) is 0 Å². The van der Waals surface area contributed by atoms with Crippen molar-refractivity contribution >= 4 is 5.91 Å². The summed E-state index contributed by atoms with van der Waals surface area (Å²) in [7, 11) is 1.60. The molecule has 1 atom stereocenters. The molecule has 0 aliphatic carbocycles. The first-order valence-corrected chi connectivity index (χ1v) is 6.56. The van der Waals surface area contributed by atoms with Crippen LogP contribution in [-0.2, 0) is 16.1 Å². The molecule has 2 N–H and O–H groups in total. The number of nitrogens with zero attached hydrogens (tertiary/aromatic N) is 1. The fraction of sp³-hybridized carbons (Fsp3) is 0.643. The third kappa shape index (κ3) is 4.69. The van der Waals surface area contributed by atoms with E-state index >= 15 is 0 Å². The molecule has 1 heterocycles. The summed E-state index contributed by atoms with van der Waals surface area (Å²) in [5.74, 6) is 1.55. The molecule has 5 heteroatoms. The third-order valence-electron chi connectivity index (χ3n) is 2.98. The van der Waals surface area contributed by atoms with E-state index in [0.29, 0.717) is 19.6 Å². The minimum atomic E-state index is -0.529. The van der Waals surface area contributed by atoms with Crippen molar-refractivity contribution in [1.82, 2.24) is 4.90 Å². The second kappa shape index (κ2) is 7.31. The van der Waals surface area contributed by atoms with Crippen LogP contribution in [0.2, 0.25) is 0 Å². The van der Waals surface area contributed by atoms with Crippen molar-refractivity contribution < 1.29 is 13.9 Å². The van der Waals surface area contributed by atoms with E-state index in [4.69, 9.17) is 14.9 Å². The minimum absolute atomic E-state index is 0.0684. The van der Waals surface area contributed by atoms with Gasteiger partial charge in [0.1, 0.15) is 11.5 Å². The Morgan fingerprint density at radius 3 is 2.63 bits per heavy atom. The van der Waals surface area contributed by atoms with E-state index < -0.39 is 6.04 Å². The van der Waals surface area contributed by atoms with Crippen LogP contribution in [0, 0.1) is 6.92 Å². The topological polar surface area (TPSA) is 68.7 Å². The normalized spacial score (nSPS) is 12.7. The lowest BCUT2D eigenvalue weighted by Crippen LogP contribution is -2.46. The summed E-state index contributed by atoms with van der Waals surface area (Å²) in [6.45, 7) is 6.76. The molecule has 0 fully saturated rings. The van der Waals surface area contributed by atoms with E-state index in [-0.39, 0.29) is 11.9 Å². The Morgan fingerprint density at radius 1 is 1.47 bits per heavy atom. The van der Waals surface area contributed by atoms with Gasteiger partial charge in [-0.15, -0.1) is 0 Å². The minimum Gasteiger partial charge on any atom is -0.464 e. The van der Waals surface area contributed by atoms with Gasteiger partial charge in [-0.3, -0.25) is 4.79 Å². The Hall–Kier alpha value is -1.33. The molecular weight excluding hydrogens is 244 g/mol. The predicted octanol–water partition coefficient (Wildman–Crippen LogP) is 1.69. The van der Waals surface area contributed by atoms with Gasteiger partial charge in [0.15, 0.2) is 0 Å². The molecule has 0 aliphatic heterocycles. The Bertz CT molecular complexity index is 401. The number of furan rings is 1. The Labute approximate surface area is 114 Å². The van der Waals surface area contributed by atoms with Gasteiger partial charge in [-0.05, 0) is 39.3 Å². The van der Waals surface area contributed by atoms with E-state index in [1.54, 1.807) is 12.0 Å². The van der Waals surface area contributed by atoms with Crippen LogP contribution in [0.25, 0.3) is 0 Å². The molecule has 0 saturated carbocycles. The predicted molar refractivity (Wildman–Crippen MR) is 73.6 cm³/mol. The molecule has 1 aromatic rings. The zero-order valence-electron chi connectivity index (χ0n) is 12.2. The number of methoxy groups -OCH3 is 1. The molecule has 1 aromatic heterocycles. The summed E-state index contributed by atoms with van der Waals surface area (Å²) >= 11 is 0. The van der Waals surface area contributed by atoms with Gasteiger partial charge in [0, 0.05) is 19.8 Å². The molecule has 1 amide bonds. The number of aryl methyl sites for hydroxylation is 1. The summed E-state index contributed by atoms with van der Waals surface area (Å²) < 4.78 is 10.5. The van der Waals surface area contributed by atoms with E-state index in [0.717, 1.165) is 11.5 Å². The van der Waals surface area contributed by atoms with Gasteiger partial charge >= 0.3 is 0 Å². The molecule has 5 nitrogen and oxygen atoms in total. The number of carbonyl (C=O) groups is 1. The molecule has 0 saturated heterocycles. The summed E-state index contributed by atoms with van der Waals surface area (Å²) in [6, 6.07) is 3.33. The first-order chi connectivity index (χ1) is 8.95. The number of rotatable bonds is 7. The lowest BCUT2D eigenvalue weighted by atomic mass is 10.1. The fourth-order valence-corrected chi connectivity index (χ4v) is 1.83. The van der Waals surface area contributed by atoms with Crippen LogP contribution in [-0.4, -0.2) is 36.6 Å². The van der Waals surface area contributed by atoms with Gasteiger partial charge in [0.2, 0.25) is 5.91 Å². The average Bonchev–Trinajstić information content (AvgIpc) is 2.77. The van der Waals surface area contributed by atoms with Crippen molar-refractivity contribution in [3.8, 4) is 0 Å². The first kappa shape index (κ1) is 15.7. The van der Waals surface area contributed by atoms with Crippen LogP contribution in [0.5, 0.6) is 0 Å². The molecule has 1 rings (SSSR count). The molecule has 0 aromatic carbocycles. The summed E-state index contributed by atoms with van der Waals surface area (Å²) in [6.07, 6.45) is 0.524. The summed E-state index contributed by atoms with van der Waals surface area (Å²) in [5, 5.41) is 0. The molecule has 0 bridgehead atoms. The SMILES string of the molecule is COCCC(N)C(=O)N(Cc1ccc(C)o1)C(C)C. The smallest absolute Gasteiger partial charge is 0.240 e. The van der Waals surface area contributed by atoms with Crippen molar-refractivity contribution in [1.29, 1.82) is 0 Å². The van der Waals surface area contributed by atoms with Crippen molar-refractivity contribution in [3.05, 3.63) is 23.7 Å². The maximum Gasteiger partial charge on any atom is 0.240 e. The maximum atomic E-state index is 12.3. The Morgan fingerprint density at radius 2 is 2.16 bits per heavy atom. The maximum absolute atomic E-state index is 12.3. The largest absolute Gasteiger partial charge is 0.464 e. The molecule has 19 heavy (non-hydrogen) atoms. The van der Waals surface area contributed by atoms with Gasteiger partial charge in [-0.25, -0.2) is 0 Å². The van der Waals surface area contributed by atoms with Crippen LogP contribution in [0.4, 0.5) is 0 Å². The van der Waals surface area contributed by atoms with Crippen LogP contribution >= 0.6 is 0 Å². The Balaban J connectivity index is 2.68. The van der Waals surface area contributed by atoms with E-state index in [1.807, 2.05) is 32.9 Å². The van der Waals surface area contributed by atoms with Crippen LogP contribution in [0.1, 0.15) is 31.8 Å². The monoisotopic (exact) mass is 268 g/mol. The van der Waals surface area contributed by atoms with Gasteiger partial charge in [-0.1, -0.05) is 0 Å². The standard InChI is InChI=1S/C14H24N2O3/c1-10(2)16(9-12-6-5-11(3)19-12)14(17)13(15)7-8-18-4/h5-6,10,13H,7-9,15H2,1-4H3.